The number of nitrogens with one attached hydrogen (secondary N) is 1. The van der Waals surface area contributed by atoms with Crippen LogP contribution in [0, 0.1) is 11.2 Å². The highest BCUT2D eigenvalue weighted by Gasteiger charge is 2.05. The molecule has 3 nitrogen and oxygen atoms in total. The third kappa shape index (κ3) is 2.56. The second-order valence-corrected chi connectivity index (χ2v) is 3.59. The number of amidine groups is 1. The highest BCUT2D eigenvalue weighted by Crippen LogP contribution is 2.18. The first-order chi connectivity index (χ1) is 6.50. The Kier molecular flexibility index (Phi) is 3.24. The van der Waals surface area contributed by atoms with Gasteiger partial charge < -0.3 is 11.5 Å². The van der Waals surface area contributed by atoms with Gasteiger partial charge in [-0.1, -0.05) is 15.9 Å². The molecule has 0 aliphatic heterocycles. The van der Waals surface area contributed by atoms with Crippen molar-refractivity contribution in [2.75, 3.05) is 0 Å². The Balaban J connectivity index is 3.14. The fourth-order valence-electron chi connectivity index (χ4n) is 0.969. The number of nitrogens with two attached hydrogens (primary N) is 2. The van der Waals surface area contributed by atoms with Crippen molar-refractivity contribution in [1.82, 2.24) is 0 Å². The van der Waals surface area contributed by atoms with Crippen LogP contribution in [-0.4, -0.2) is 5.84 Å². The lowest BCUT2D eigenvalue weighted by atomic mass is 10.1. The predicted octanol–water partition coefficient (Wildman–Crippen LogP) is 1.82. The van der Waals surface area contributed by atoms with E-state index in [4.69, 9.17) is 16.9 Å². The lowest BCUT2D eigenvalue weighted by molar-refractivity contribution is 0.623. The van der Waals surface area contributed by atoms with E-state index in [0.717, 1.165) is 0 Å². The first-order valence-electron chi connectivity index (χ1n) is 3.77. The van der Waals surface area contributed by atoms with Crippen LogP contribution in [0.4, 0.5) is 4.39 Å². The number of hydrogen-bond donors (Lipinski definition) is 3. The number of hydrogen-bond acceptors (Lipinski definition) is 2. The normalized spacial score (nSPS) is 11.4. The Morgan fingerprint density at radius 1 is 1.43 bits per heavy atom. The summed E-state index contributed by atoms with van der Waals surface area (Å²) < 4.78 is 13.9. The zero-order valence-corrected chi connectivity index (χ0v) is 8.81. The van der Waals surface area contributed by atoms with Gasteiger partial charge in [0.05, 0.1) is 0 Å². The van der Waals surface area contributed by atoms with Crippen molar-refractivity contribution in [2.45, 2.75) is 0 Å². The molecule has 0 aliphatic carbocycles. The van der Waals surface area contributed by atoms with Crippen LogP contribution < -0.4 is 11.5 Å². The van der Waals surface area contributed by atoms with E-state index in [0.29, 0.717) is 4.47 Å². The van der Waals surface area contributed by atoms with Crippen LogP contribution in [0.3, 0.4) is 0 Å². The van der Waals surface area contributed by atoms with Crippen LogP contribution in [0.15, 0.2) is 28.7 Å². The van der Waals surface area contributed by atoms with E-state index >= 15 is 0 Å². The molecule has 1 aromatic carbocycles. The van der Waals surface area contributed by atoms with Crippen molar-refractivity contribution in [2.24, 2.45) is 11.5 Å². The maximum Gasteiger partial charge on any atom is 0.133 e. The average molecular weight is 258 g/mol. The largest absolute Gasteiger partial charge is 0.398 e. The zero-order valence-electron chi connectivity index (χ0n) is 7.22. The molecule has 0 saturated carbocycles. The van der Waals surface area contributed by atoms with Gasteiger partial charge in [0.2, 0.25) is 0 Å². The molecule has 0 radical (unpaired) electrons. The van der Waals surface area contributed by atoms with Gasteiger partial charge in [-0.05, 0) is 18.2 Å². The molecule has 0 saturated heterocycles. The molecular weight excluding hydrogens is 249 g/mol. The molecule has 0 bridgehead atoms. The topological polar surface area (TPSA) is 75.9 Å². The van der Waals surface area contributed by atoms with E-state index in [1.807, 2.05) is 0 Å². The Morgan fingerprint density at radius 3 is 2.57 bits per heavy atom. The highest BCUT2D eigenvalue weighted by molar-refractivity contribution is 9.10. The first-order valence-corrected chi connectivity index (χ1v) is 4.56. The maximum atomic E-state index is 13.3. The lowest BCUT2D eigenvalue weighted by Crippen LogP contribution is -2.09. The quantitative estimate of drug-likeness (QED) is 0.559. The van der Waals surface area contributed by atoms with Gasteiger partial charge in [-0.25, -0.2) is 4.39 Å². The summed E-state index contributed by atoms with van der Waals surface area (Å²) in [5.74, 6) is -0.654. The van der Waals surface area contributed by atoms with E-state index in [9.17, 15) is 4.39 Å². The van der Waals surface area contributed by atoms with Crippen molar-refractivity contribution < 1.29 is 4.39 Å². The van der Waals surface area contributed by atoms with Crippen molar-refractivity contribution in [3.05, 3.63) is 40.1 Å². The molecule has 1 rings (SSSR count). The third-order valence-corrected chi connectivity index (χ3v) is 2.05. The van der Waals surface area contributed by atoms with E-state index in [2.05, 4.69) is 15.9 Å². The van der Waals surface area contributed by atoms with Crippen molar-refractivity contribution in [3.63, 3.8) is 0 Å². The summed E-state index contributed by atoms with van der Waals surface area (Å²) in [5, 5.41) is 6.98. The molecule has 0 unspecified atom stereocenters. The molecule has 1 aromatic rings. The zero-order chi connectivity index (χ0) is 10.7. The summed E-state index contributed by atoms with van der Waals surface area (Å²) in [5.41, 5.74) is 11.0. The van der Waals surface area contributed by atoms with Gasteiger partial charge in [-0.3, -0.25) is 5.41 Å². The molecule has 74 valence electrons. The molecule has 5 N–H and O–H groups in total. The van der Waals surface area contributed by atoms with Crippen LogP contribution in [-0.2, 0) is 0 Å². The maximum absolute atomic E-state index is 13.3. The van der Waals surface area contributed by atoms with Crippen LogP contribution in [0.2, 0.25) is 0 Å². The molecule has 0 spiro atoms. The summed E-state index contributed by atoms with van der Waals surface area (Å²) in [6, 6.07) is 4.49. The van der Waals surface area contributed by atoms with Crippen LogP contribution in [0.5, 0.6) is 0 Å². The summed E-state index contributed by atoms with van der Waals surface area (Å²) in [7, 11) is 0. The van der Waals surface area contributed by atoms with Crippen LogP contribution in [0.25, 0.3) is 5.70 Å². The van der Waals surface area contributed by atoms with E-state index < -0.39 is 5.82 Å². The van der Waals surface area contributed by atoms with Gasteiger partial charge in [-0.15, -0.1) is 0 Å². The molecule has 0 fully saturated rings. The fourth-order valence-corrected chi connectivity index (χ4v) is 1.30. The summed E-state index contributed by atoms with van der Waals surface area (Å²) >= 11 is 3.13. The predicted molar refractivity (Wildman–Crippen MR) is 58.2 cm³/mol. The summed E-state index contributed by atoms with van der Waals surface area (Å²) in [6.07, 6.45) is 1.20. The van der Waals surface area contributed by atoms with Crippen LogP contribution >= 0.6 is 15.9 Å². The highest BCUT2D eigenvalue weighted by atomic mass is 79.9. The van der Waals surface area contributed by atoms with Crippen molar-refractivity contribution in [3.8, 4) is 0 Å². The Hall–Kier alpha value is -1.36. The minimum absolute atomic E-state index is 0.141. The second-order valence-electron chi connectivity index (χ2n) is 2.68. The average Bonchev–Trinajstić information content (AvgIpc) is 2.01. The lowest BCUT2D eigenvalue weighted by Gasteiger charge is -2.03. The van der Waals surface area contributed by atoms with Gasteiger partial charge in [0.15, 0.2) is 0 Å². The Morgan fingerprint density at radius 2 is 2.07 bits per heavy atom. The molecule has 0 aromatic heterocycles. The van der Waals surface area contributed by atoms with Gasteiger partial charge in [0.1, 0.15) is 11.7 Å². The van der Waals surface area contributed by atoms with Gasteiger partial charge in [0.25, 0.3) is 0 Å². The molecule has 0 aliphatic rings. The third-order valence-electron chi connectivity index (χ3n) is 1.55. The number of benzene rings is 1. The molecule has 5 heteroatoms. The molecule has 0 atom stereocenters. The monoisotopic (exact) mass is 257 g/mol. The van der Waals surface area contributed by atoms with Gasteiger partial charge in [0, 0.05) is 21.8 Å². The minimum atomic E-state index is -0.450. The first kappa shape index (κ1) is 10.7. The van der Waals surface area contributed by atoms with Crippen LogP contribution in [0.1, 0.15) is 5.56 Å². The number of halogens is 2. The second kappa shape index (κ2) is 4.23. The minimum Gasteiger partial charge on any atom is -0.398 e. The van der Waals surface area contributed by atoms with Crippen molar-refractivity contribution in [1.29, 1.82) is 5.41 Å². The van der Waals surface area contributed by atoms with E-state index in [1.165, 1.54) is 18.2 Å². The molecule has 0 amide bonds. The number of rotatable bonds is 2. The van der Waals surface area contributed by atoms with Crippen molar-refractivity contribution >= 4 is 27.5 Å². The van der Waals surface area contributed by atoms with E-state index in [-0.39, 0.29) is 17.1 Å². The fraction of sp³-hybridized carbons (Fsp3) is 0. The molecule has 0 heterocycles. The Labute approximate surface area is 89.2 Å². The smallest absolute Gasteiger partial charge is 0.133 e. The summed E-state index contributed by atoms with van der Waals surface area (Å²) in [6.45, 7) is 0. The SMILES string of the molecule is N=C(N)/C=C(\N)c1ccc(Br)cc1F. The Bertz CT molecular complexity index is 401. The molecular formula is C9H9BrFN3. The van der Waals surface area contributed by atoms with Gasteiger partial charge >= 0.3 is 0 Å². The standard InChI is InChI=1S/C9H9BrFN3/c10-5-1-2-6(7(11)3-5)8(12)4-9(13)14/h1-4H,12H2,(H3,13,14)/b8-4-. The summed E-state index contributed by atoms with van der Waals surface area (Å²) in [4.78, 5) is 0. The van der Waals surface area contributed by atoms with Gasteiger partial charge in [-0.2, -0.15) is 0 Å². The molecule has 14 heavy (non-hydrogen) atoms. The van der Waals surface area contributed by atoms with E-state index in [1.54, 1.807) is 6.07 Å².